The van der Waals surface area contributed by atoms with Gasteiger partial charge in [0.25, 0.3) is 5.91 Å². The van der Waals surface area contributed by atoms with Gasteiger partial charge in [0.15, 0.2) is 0 Å². The average molecular weight is 484 g/mol. The van der Waals surface area contributed by atoms with Crippen LogP contribution in [0.25, 0.3) is 10.2 Å². The molecule has 0 N–H and O–H groups in total. The Morgan fingerprint density at radius 1 is 1.06 bits per heavy atom. The second-order valence-corrected chi connectivity index (χ2v) is 12.1. The van der Waals surface area contributed by atoms with Gasteiger partial charge in [0, 0.05) is 24.7 Å². The summed E-state index contributed by atoms with van der Waals surface area (Å²) in [7, 11) is -3.64. The summed E-state index contributed by atoms with van der Waals surface area (Å²) in [5.74, 6) is -0.113. The number of hydrogen-bond donors (Lipinski definition) is 0. The highest BCUT2D eigenvalue weighted by atomic mass is 32.2. The lowest BCUT2D eigenvalue weighted by Crippen LogP contribution is -2.42. The van der Waals surface area contributed by atoms with Gasteiger partial charge in [-0.2, -0.15) is 4.31 Å². The zero-order valence-electron chi connectivity index (χ0n) is 19.0. The van der Waals surface area contributed by atoms with Crippen LogP contribution in [0, 0.1) is 6.92 Å². The Bertz CT molecular complexity index is 1270. The molecular weight excluding hydrogens is 454 g/mol. The molecule has 0 spiro atoms. The summed E-state index contributed by atoms with van der Waals surface area (Å²) in [6.07, 6.45) is 4.57. The monoisotopic (exact) mass is 483 g/mol. The van der Waals surface area contributed by atoms with Crippen molar-refractivity contribution in [1.29, 1.82) is 0 Å². The first-order valence-electron chi connectivity index (χ1n) is 11.6. The van der Waals surface area contributed by atoms with Crippen LogP contribution in [0.15, 0.2) is 47.4 Å². The van der Waals surface area contributed by atoms with Crippen molar-refractivity contribution in [2.24, 2.45) is 0 Å². The minimum Gasteiger partial charge on any atom is -0.329 e. The highest BCUT2D eigenvalue weighted by Crippen LogP contribution is 2.38. The molecule has 0 aliphatic carbocycles. The average Bonchev–Trinajstić information content (AvgIpc) is 3.46. The Hall–Kier alpha value is -2.29. The van der Waals surface area contributed by atoms with E-state index in [1.807, 2.05) is 36.9 Å². The number of carbonyl (C=O) groups is 1. The Morgan fingerprint density at radius 3 is 2.67 bits per heavy atom. The zero-order chi connectivity index (χ0) is 23.2. The van der Waals surface area contributed by atoms with Gasteiger partial charge in [-0.05, 0) is 69.4 Å². The van der Waals surface area contributed by atoms with Crippen LogP contribution >= 0.6 is 11.3 Å². The molecule has 174 valence electrons. The van der Waals surface area contributed by atoms with Crippen molar-refractivity contribution in [2.45, 2.75) is 62.9 Å². The maximum Gasteiger partial charge on any atom is 0.254 e. The number of hydrogen-bond acceptors (Lipinski definition) is 5. The standard InChI is InChI=1S/C25H29N3O3S2/c1-17-12-13-19(33(30,31)28-15-6-5-8-18(28)2)16-20(17)25(29)27-14-7-10-22(27)24-26-21-9-3-4-11-23(21)32-24/h3-4,9,11-13,16,18,22H,5-8,10,14-15H2,1-2H3. The summed E-state index contributed by atoms with van der Waals surface area (Å²) in [6.45, 7) is 5.02. The molecule has 0 radical (unpaired) electrons. The smallest absolute Gasteiger partial charge is 0.254 e. The van der Waals surface area contributed by atoms with Gasteiger partial charge in [-0.1, -0.05) is 24.6 Å². The molecule has 2 fully saturated rings. The number of sulfonamides is 1. The van der Waals surface area contributed by atoms with Crippen LogP contribution < -0.4 is 0 Å². The molecule has 6 nitrogen and oxygen atoms in total. The molecule has 3 heterocycles. The van der Waals surface area contributed by atoms with Crippen LogP contribution in [0.1, 0.15) is 66.0 Å². The summed E-state index contributed by atoms with van der Waals surface area (Å²) in [6, 6.07) is 12.9. The van der Waals surface area contributed by atoms with Crippen LogP contribution in [0.2, 0.25) is 0 Å². The van der Waals surface area contributed by atoms with E-state index in [2.05, 4.69) is 6.07 Å². The first-order valence-corrected chi connectivity index (χ1v) is 13.9. The third-order valence-electron chi connectivity index (χ3n) is 6.90. The lowest BCUT2D eigenvalue weighted by atomic mass is 10.1. The summed E-state index contributed by atoms with van der Waals surface area (Å²) in [4.78, 5) is 20.6. The highest BCUT2D eigenvalue weighted by Gasteiger charge is 2.35. The van der Waals surface area contributed by atoms with E-state index in [0.717, 1.165) is 52.9 Å². The number of piperidine rings is 1. The fourth-order valence-electron chi connectivity index (χ4n) is 5.01. The molecule has 33 heavy (non-hydrogen) atoms. The molecule has 8 heteroatoms. The van der Waals surface area contributed by atoms with Gasteiger partial charge in [0.1, 0.15) is 5.01 Å². The third-order valence-corrected chi connectivity index (χ3v) is 10.0. The summed E-state index contributed by atoms with van der Waals surface area (Å²) in [5, 5.41) is 0.950. The summed E-state index contributed by atoms with van der Waals surface area (Å²) >= 11 is 1.63. The number of fused-ring (bicyclic) bond motifs is 1. The van der Waals surface area contributed by atoms with E-state index in [1.165, 1.54) is 0 Å². The molecule has 2 aromatic carbocycles. The number of amides is 1. The van der Waals surface area contributed by atoms with E-state index >= 15 is 0 Å². The predicted octanol–water partition coefficient (Wildman–Crippen LogP) is 5.15. The number of carbonyl (C=O) groups excluding carboxylic acids is 1. The molecule has 3 aromatic rings. The second kappa shape index (κ2) is 8.81. The molecule has 2 unspecified atom stereocenters. The molecule has 0 saturated carbocycles. The van der Waals surface area contributed by atoms with Crippen LogP contribution in [0.3, 0.4) is 0 Å². The molecule has 5 rings (SSSR count). The van der Waals surface area contributed by atoms with Gasteiger partial charge < -0.3 is 4.90 Å². The molecule has 1 aromatic heterocycles. The number of benzene rings is 2. The minimum atomic E-state index is -3.64. The first-order chi connectivity index (χ1) is 15.9. The van der Waals surface area contributed by atoms with E-state index in [9.17, 15) is 13.2 Å². The number of aromatic nitrogens is 1. The number of aryl methyl sites for hydroxylation is 1. The lowest BCUT2D eigenvalue weighted by molar-refractivity contribution is 0.0734. The van der Waals surface area contributed by atoms with Crippen molar-refractivity contribution in [3.05, 3.63) is 58.6 Å². The van der Waals surface area contributed by atoms with Gasteiger partial charge >= 0.3 is 0 Å². The Balaban J connectivity index is 1.46. The second-order valence-electron chi connectivity index (χ2n) is 9.11. The van der Waals surface area contributed by atoms with Gasteiger partial charge in [0.2, 0.25) is 10.0 Å². The van der Waals surface area contributed by atoms with E-state index < -0.39 is 10.0 Å². The molecule has 2 saturated heterocycles. The van der Waals surface area contributed by atoms with Crippen molar-refractivity contribution in [2.75, 3.05) is 13.1 Å². The highest BCUT2D eigenvalue weighted by molar-refractivity contribution is 7.89. The topological polar surface area (TPSA) is 70.6 Å². The van der Waals surface area contributed by atoms with Crippen molar-refractivity contribution < 1.29 is 13.2 Å². The number of likely N-dealkylation sites (tertiary alicyclic amines) is 1. The fourth-order valence-corrected chi connectivity index (χ4v) is 7.85. The quantitative estimate of drug-likeness (QED) is 0.515. The predicted molar refractivity (Wildman–Crippen MR) is 131 cm³/mol. The van der Waals surface area contributed by atoms with E-state index in [-0.39, 0.29) is 22.9 Å². The van der Waals surface area contributed by atoms with Crippen LogP contribution in [-0.2, 0) is 10.0 Å². The molecule has 1 amide bonds. The molecule has 2 atom stereocenters. The molecule has 2 aliphatic rings. The fraction of sp³-hybridized carbons (Fsp3) is 0.440. The molecule has 0 bridgehead atoms. The van der Waals surface area contributed by atoms with E-state index in [4.69, 9.17) is 4.98 Å². The SMILES string of the molecule is Cc1ccc(S(=O)(=O)N2CCCCC2C)cc1C(=O)N1CCCC1c1nc2ccccc2s1. The summed E-state index contributed by atoms with van der Waals surface area (Å²) < 4.78 is 29.5. The normalized spacial score (nSPS) is 22.2. The van der Waals surface area contributed by atoms with Crippen LogP contribution in [0.4, 0.5) is 0 Å². The molecular formula is C25H29N3O3S2. The van der Waals surface area contributed by atoms with E-state index in [0.29, 0.717) is 18.7 Å². The van der Waals surface area contributed by atoms with Crippen LogP contribution in [0.5, 0.6) is 0 Å². The third kappa shape index (κ3) is 4.09. The molecule has 2 aliphatic heterocycles. The van der Waals surface area contributed by atoms with Gasteiger partial charge in [-0.25, -0.2) is 13.4 Å². The van der Waals surface area contributed by atoms with Crippen molar-refractivity contribution >= 4 is 37.5 Å². The van der Waals surface area contributed by atoms with Crippen molar-refractivity contribution in [1.82, 2.24) is 14.2 Å². The van der Waals surface area contributed by atoms with Crippen molar-refractivity contribution in [3.8, 4) is 0 Å². The first kappa shape index (κ1) is 22.5. The van der Waals surface area contributed by atoms with Crippen LogP contribution in [-0.4, -0.2) is 47.6 Å². The van der Waals surface area contributed by atoms with E-state index in [1.54, 1.807) is 33.8 Å². The lowest BCUT2D eigenvalue weighted by Gasteiger charge is -2.32. The summed E-state index contributed by atoms with van der Waals surface area (Å²) in [5.41, 5.74) is 2.21. The number of rotatable bonds is 4. The number of thiazole rings is 1. The number of para-hydroxylation sites is 1. The Kier molecular flexibility index (Phi) is 6.01. The maximum absolute atomic E-state index is 13.7. The van der Waals surface area contributed by atoms with Gasteiger partial charge in [-0.3, -0.25) is 4.79 Å². The minimum absolute atomic E-state index is 0.0220. The zero-order valence-corrected chi connectivity index (χ0v) is 20.7. The van der Waals surface area contributed by atoms with Gasteiger partial charge in [-0.15, -0.1) is 11.3 Å². The Labute approximate surface area is 199 Å². The largest absolute Gasteiger partial charge is 0.329 e. The maximum atomic E-state index is 13.7. The van der Waals surface area contributed by atoms with Gasteiger partial charge in [0.05, 0.1) is 21.2 Å². The Morgan fingerprint density at radius 2 is 1.88 bits per heavy atom. The number of nitrogens with zero attached hydrogens (tertiary/aromatic N) is 3. The van der Waals surface area contributed by atoms with Crippen molar-refractivity contribution in [3.63, 3.8) is 0 Å².